The molecule has 1 heterocycles. The molecule has 0 aliphatic carbocycles. The number of allylic oxidation sites excluding steroid dienone is 1. The van der Waals surface area contributed by atoms with Crippen molar-refractivity contribution in [2.24, 2.45) is 0 Å². The van der Waals surface area contributed by atoms with Crippen LogP contribution in [0.15, 0.2) is 54.0 Å². The van der Waals surface area contributed by atoms with E-state index in [-0.39, 0.29) is 11.3 Å². The number of methoxy groups -OCH3 is 2. The number of nitriles is 1. The van der Waals surface area contributed by atoms with Crippen molar-refractivity contribution in [2.75, 3.05) is 19.5 Å². The summed E-state index contributed by atoms with van der Waals surface area (Å²) in [6, 6.07) is 13.7. The van der Waals surface area contributed by atoms with Gasteiger partial charge in [0.2, 0.25) is 0 Å². The summed E-state index contributed by atoms with van der Waals surface area (Å²) in [5.41, 5.74) is 2.02. The molecule has 0 aliphatic rings. The van der Waals surface area contributed by atoms with Gasteiger partial charge >= 0.3 is 6.61 Å². The van der Waals surface area contributed by atoms with E-state index in [4.69, 9.17) is 9.47 Å². The zero-order valence-electron chi connectivity index (χ0n) is 16.1. The Balaban J connectivity index is 1.84. The molecule has 2 aromatic carbocycles. The Kier molecular flexibility index (Phi) is 6.83. The van der Waals surface area contributed by atoms with Crippen LogP contribution in [0.5, 0.6) is 17.2 Å². The molecule has 9 heteroatoms. The van der Waals surface area contributed by atoms with Crippen molar-refractivity contribution in [1.29, 1.82) is 5.26 Å². The van der Waals surface area contributed by atoms with Crippen molar-refractivity contribution in [3.05, 3.63) is 59.1 Å². The zero-order chi connectivity index (χ0) is 21.5. The van der Waals surface area contributed by atoms with Gasteiger partial charge in [-0.3, -0.25) is 0 Å². The molecular formula is C21H17F2N3O3S. The maximum absolute atomic E-state index is 12.6. The van der Waals surface area contributed by atoms with E-state index in [1.54, 1.807) is 44.6 Å². The molecule has 1 aromatic heterocycles. The van der Waals surface area contributed by atoms with E-state index in [9.17, 15) is 14.0 Å². The molecule has 0 fully saturated rings. The van der Waals surface area contributed by atoms with Crippen LogP contribution in [0.1, 0.15) is 5.01 Å². The van der Waals surface area contributed by atoms with Gasteiger partial charge in [-0.25, -0.2) is 4.98 Å². The molecule has 0 aliphatic heterocycles. The van der Waals surface area contributed by atoms with Crippen LogP contribution in [0.4, 0.5) is 14.5 Å². The number of thiazole rings is 1. The lowest BCUT2D eigenvalue weighted by Gasteiger charge is -2.10. The number of hydrogen-bond acceptors (Lipinski definition) is 7. The third kappa shape index (κ3) is 4.85. The number of halogens is 2. The molecule has 0 saturated carbocycles. The number of nitrogens with one attached hydrogen (secondary N) is 1. The van der Waals surface area contributed by atoms with Crippen LogP contribution in [-0.4, -0.2) is 25.8 Å². The molecule has 0 spiro atoms. The van der Waals surface area contributed by atoms with E-state index in [1.165, 1.54) is 23.6 Å². The summed E-state index contributed by atoms with van der Waals surface area (Å²) in [4.78, 5) is 4.51. The summed E-state index contributed by atoms with van der Waals surface area (Å²) in [6.45, 7) is -2.95. The van der Waals surface area contributed by atoms with Crippen LogP contribution < -0.4 is 19.5 Å². The molecule has 0 bridgehead atoms. The first kappa shape index (κ1) is 21.1. The largest absolute Gasteiger partial charge is 0.493 e. The highest BCUT2D eigenvalue weighted by Crippen LogP contribution is 2.34. The molecule has 0 atom stereocenters. The van der Waals surface area contributed by atoms with Crippen molar-refractivity contribution >= 4 is 22.6 Å². The molecule has 0 radical (unpaired) electrons. The summed E-state index contributed by atoms with van der Waals surface area (Å²) in [5, 5.41) is 14.7. The number of alkyl halides is 2. The maximum atomic E-state index is 12.6. The van der Waals surface area contributed by atoms with Crippen molar-refractivity contribution in [2.45, 2.75) is 6.61 Å². The zero-order valence-corrected chi connectivity index (χ0v) is 16.9. The summed E-state index contributed by atoms with van der Waals surface area (Å²) >= 11 is 1.29. The molecule has 6 nitrogen and oxygen atoms in total. The third-order valence-corrected chi connectivity index (χ3v) is 4.89. The van der Waals surface area contributed by atoms with Gasteiger partial charge in [0.15, 0.2) is 11.5 Å². The minimum absolute atomic E-state index is 0.0220. The first-order chi connectivity index (χ1) is 14.5. The number of benzene rings is 2. The van der Waals surface area contributed by atoms with E-state index in [1.807, 2.05) is 11.4 Å². The Labute approximate surface area is 176 Å². The highest BCUT2D eigenvalue weighted by atomic mass is 32.1. The van der Waals surface area contributed by atoms with Gasteiger partial charge in [0, 0.05) is 17.1 Å². The summed E-state index contributed by atoms with van der Waals surface area (Å²) in [5.74, 6) is 1.15. The normalized spacial score (nSPS) is 11.1. The lowest BCUT2D eigenvalue weighted by atomic mass is 10.1. The van der Waals surface area contributed by atoms with E-state index >= 15 is 0 Å². The van der Waals surface area contributed by atoms with Crippen LogP contribution >= 0.6 is 11.3 Å². The molecule has 154 valence electrons. The second kappa shape index (κ2) is 9.71. The maximum Gasteiger partial charge on any atom is 0.387 e. The molecule has 3 rings (SSSR count). The highest BCUT2D eigenvalue weighted by molar-refractivity contribution is 7.11. The number of anilines is 1. The standard InChI is InChI=1S/C21H17F2N3O3S/c1-27-18-8-7-13(9-19(18)28-2)16-12-30-20(26-16)14(10-24)11-25-15-5-3-4-6-17(15)29-21(22)23/h3-9,11-12,21,25H,1-2H3/b14-11+. The number of aromatic nitrogens is 1. The number of rotatable bonds is 8. The molecule has 0 unspecified atom stereocenters. The lowest BCUT2D eigenvalue weighted by Crippen LogP contribution is -2.04. The molecular weight excluding hydrogens is 412 g/mol. The highest BCUT2D eigenvalue weighted by Gasteiger charge is 2.13. The number of hydrogen-bond donors (Lipinski definition) is 1. The van der Waals surface area contributed by atoms with Gasteiger partial charge in [-0.2, -0.15) is 14.0 Å². The third-order valence-electron chi connectivity index (χ3n) is 4.01. The van der Waals surface area contributed by atoms with E-state index in [2.05, 4.69) is 21.1 Å². The fraction of sp³-hybridized carbons (Fsp3) is 0.143. The predicted molar refractivity (Wildman–Crippen MR) is 111 cm³/mol. The monoisotopic (exact) mass is 429 g/mol. The molecule has 0 saturated heterocycles. The van der Waals surface area contributed by atoms with E-state index < -0.39 is 6.61 Å². The van der Waals surface area contributed by atoms with Crippen LogP contribution in [0, 0.1) is 11.3 Å². The van der Waals surface area contributed by atoms with Gasteiger partial charge in [0.05, 0.1) is 25.6 Å². The fourth-order valence-electron chi connectivity index (χ4n) is 2.60. The SMILES string of the molecule is COc1ccc(-c2csc(/C(C#N)=C/Nc3ccccc3OC(F)F)n2)cc1OC. The fourth-order valence-corrected chi connectivity index (χ4v) is 3.40. The Bertz CT molecular complexity index is 1090. The number of ether oxygens (including phenoxy) is 3. The summed E-state index contributed by atoms with van der Waals surface area (Å²) < 4.78 is 40.1. The predicted octanol–water partition coefficient (Wildman–Crippen LogP) is 5.41. The van der Waals surface area contributed by atoms with Gasteiger partial charge in [0.1, 0.15) is 22.4 Å². The van der Waals surface area contributed by atoms with Crippen LogP contribution in [0.2, 0.25) is 0 Å². The van der Waals surface area contributed by atoms with Crippen molar-refractivity contribution in [3.8, 4) is 34.6 Å². The van der Waals surface area contributed by atoms with Gasteiger partial charge in [-0.05, 0) is 30.3 Å². The second-order valence-corrected chi connectivity index (χ2v) is 6.65. The van der Waals surface area contributed by atoms with Crippen LogP contribution in [-0.2, 0) is 0 Å². The summed E-state index contributed by atoms with van der Waals surface area (Å²) in [6.07, 6.45) is 1.41. The average molecular weight is 429 g/mol. The smallest absolute Gasteiger partial charge is 0.387 e. The van der Waals surface area contributed by atoms with Gasteiger partial charge in [0.25, 0.3) is 0 Å². The molecule has 1 N–H and O–H groups in total. The quantitative estimate of drug-likeness (QED) is 0.483. The number of para-hydroxylation sites is 2. The topological polar surface area (TPSA) is 76.4 Å². The number of nitrogens with zero attached hydrogens (tertiary/aromatic N) is 2. The summed E-state index contributed by atoms with van der Waals surface area (Å²) in [7, 11) is 3.10. The average Bonchev–Trinajstić information content (AvgIpc) is 3.24. The van der Waals surface area contributed by atoms with Gasteiger partial charge in [-0.15, -0.1) is 11.3 Å². The lowest BCUT2D eigenvalue weighted by molar-refractivity contribution is -0.0493. The van der Waals surface area contributed by atoms with Crippen LogP contribution in [0.25, 0.3) is 16.8 Å². The Morgan fingerprint density at radius 2 is 1.90 bits per heavy atom. The van der Waals surface area contributed by atoms with E-state index in [0.29, 0.717) is 27.9 Å². The molecule has 0 amide bonds. The molecule has 3 aromatic rings. The van der Waals surface area contributed by atoms with Gasteiger partial charge < -0.3 is 19.5 Å². The Morgan fingerprint density at radius 1 is 1.13 bits per heavy atom. The first-order valence-corrected chi connectivity index (χ1v) is 9.52. The van der Waals surface area contributed by atoms with Crippen molar-refractivity contribution < 1.29 is 23.0 Å². The minimum Gasteiger partial charge on any atom is -0.493 e. The Hall–Kier alpha value is -3.64. The van der Waals surface area contributed by atoms with Crippen LogP contribution in [0.3, 0.4) is 0 Å². The Morgan fingerprint density at radius 3 is 2.60 bits per heavy atom. The second-order valence-electron chi connectivity index (χ2n) is 5.80. The van der Waals surface area contributed by atoms with Crippen molar-refractivity contribution in [1.82, 2.24) is 4.98 Å². The minimum atomic E-state index is -2.95. The first-order valence-electron chi connectivity index (χ1n) is 8.64. The molecule has 30 heavy (non-hydrogen) atoms. The van der Waals surface area contributed by atoms with Crippen molar-refractivity contribution in [3.63, 3.8) is 0 Å². The van der Waals surface area contributed by atoms with E-state index in [0.717, 1.165) is 5.56 Å². The van der Waals surface area contributed by atoms with Gasteiger partial charge in [-0.1, -0.05) is 12.1 Å².